The minimum atomic E-state index is -3.67. The lowest BCUT2D eigenvalue weighted by Crippen LogP contribution is -1.65. The van der Waals surface area contributed by atoms with Gasteiger partial charge in [0.1, 0.15) is 0 Å². The van der Waals surface area contributed by atoms with Crippen molar-refractivity contribution in [3.63, 3.8) is 0 Å². The summed E-state index contributed by atoms with van der Waals surface area (Å²) in [6, 6.07) is 0. The monoisotopic (exact) mass is 126 g/mol. The van der Waals surface area contributed by atoms with Gasteiger partial charge in [-0.25, -0.2) is 0 Å². The Kier molecular flexibility index (Phi) is 24.7. The van der Waals surface area contributed by atoms with E-state index >= 15 is 0 Å². The van der Waals surface area contributed by atoms with Crippen molar-refractivity contribution in [3.05, 3.63) is 0 Å². The summed E-state index contributed by atoms with van der Waals surface area (Å²) in [4.78, 5) is 0. The molecule has 0 amide bonds. The summed E-state index contributed by atoms with van der Waals surface area (Å²) in [5, 5.41) is 0. The van der Waals surface area contributed by atoms with Gasteiger partial charge < -0.3 is 0 Å². The molecule has 42 valence electrons. The predicted molar refractivity (Wildman–Crippen MR) is 16.9 cm³/mol. The molecule has 0 saturated heterocycles. The topological polar surface area (TPSA) is 0 Å². The number of rotatable bonds is 0. The van der Waals surface area contributed by atoms with Gasteiger partial charge in [-0.2, -0.15) is 13.2 Å². The van der Waals surface area contributed by atoms with E-state index in [1.807, 2.05) is 0 Å². The fourth-order valence-corrected chi connectivity index (χ4v) is 0. The molecule has 0 aliphatic carbocycles. The summed E-state index contributed by atoms with van der Waals surface area (Å²) in [6.07, 6.45) is 0. The molecule has 0 bridgehead atoms. The third kappa shape index (κ3) is 363000. The zero-order valence-corrected chi connectivity index (χ0v) is 3.34. The van der Waals surface area contributed by atoms with Crippen LogP contribution in [0.3, 0.4) is 0 Å². The van der Waals surface area contributed by atoms with Gasteiger partial charge >= 0.3 is 6.68 Å². The van der Waals surface area contributed by atoms with Crippen LogP contribution in [0, 0.1) is 0 Å². The Labute approximate surface area is 38.1 Å². The summed E-state index contributed by atoms with van der Waals surface area (Å²) >= 11 is 0. The van der Waals surface area contributed by atoms with Gasteiger partial charge in [-0.05, 0) is 0 Å². The number of alkyl halides is 3. The van der Waals surface area contributed by atoms with Gasteiger partial charge in [0.15, 0.2) is 0 Å². The maximum atomic E-state index is 9.67. The van der Waals surface area contributed by atoms with Gasteiger partial charge in [0.25, 0.3) is 0 Å². The molecule has 0 N–H and O–H groups in total. The fraction of sp³-hybridized carbons (Fsp3) is 1.00. The van der Waals surface area contributed by atoms with Crippen molar-refractivity contribution in [1.29, 1.82) is 0 Å². The molecular formula is CH3ClF4. The van der Waals surface area contributed by atoms with Crippen molar-refractivity contribution < 1.29 is 17.9 Å². The Bertz CT molecular complexity index is 12.3. The highest BCUT2D eigenvalue weighted by Crippen LogP contribution is 1.87. The average molecular weight is 126 g/mol. The number of hydrogen-bond donors (Lipinski definition) is 0. The first-order valence-electron chi connectivity index (χ1n) is 0.655. The normalized spacial score (nSPS) is 6.00. The first-order chi connectivity index (χ1) is 1.73. The van der Waals surface area contributed by atoms with Gasteiger partial charge in [-0.3, -0.25) is 4.70 Å². The molecule has 0 nitrogen and oxygen atoms in total. The lowest BCUT2D eigenvalue weighted by atomic mass is 11.6. The maximum absolute atomic E-state index is 9.67. The van der Waals surface area contributed by atoms with Gasteiger partial charge in [0.2, 0.25) is 0 Å². The Hall–Kier alpha value is 0.01000. The van der Waals surface area contributed by atoms with Gasteiger partial charge in [0.05, 0.1) is 0 Å². The van der Waals surface area contributed by atoms with E-state index in [0.717, 1.165) is 0 Å². The second kappa shape index (κ2) is 8.89. The van der Waals surface area contributed by atoms with Gasteiger partial charge in [-0.15, -0.1) is 12.4 Å². The van der Waals surface area contributed by atoms with Crippen molar-refractivity contribution in [2.45, 2.75) is 6.68 Å². The van der Waals surface area contributed by atoms with E-state index in [1.54, 1.807) is 0 Å². The van der Waals surface area contributed by atoms with E-state index in [4.69, 9.17) is 0 Å². The molecule has 0 rings (SSSR count). The van der Waals surface area contributed by atoms with Crippen molar-refractivity contribution in [1.82, 2.24) is 0 Å². The van der Waals surface area contributed by atoms with Crippen molar-refractivity contribution in [2.24, 2.45) is 0 Å². The van der Waals surface area contributed by atoms with Crippen molar-refractivity contribution in [2.75, 3.05) is 0 Å². The van der Waals surface area contributed by atoms with Gasteiger partial charge in [0, 0.05) is 0 Å². The van der Waals surface area contributed by atoms with Crippen LogP contribution in [0.25, 0.3) is 0 Å². The molecule has 0 aromatic rings. The second-order valence-corrected chi connectivity index (χ2v) is 0.247. The highest BCUT2D eigenvalue weighted by Gasteiger charge is 1.86. The highest BCUT2D eigenvalue weighted by molar-refractivity contribution is 5.85. The van der Waals surface area contributed by atoms with Crippen LogP contribution in [-0.4, -0.2) is 6.68 Å². The molecule has 0 unspecified atom stereocenters. The molecule has 6 heavy (non-hydrogen) atoms. The highest BCUT2D eigenvalue weighted by atomic mass is 35.5. The van der Waals surface area contributed by atoms with Crippen LogP contribution in [0.15, 0.2) is 0 Å². The number of halogens is 5. The van der Waals surface area contributed by atoms with Crippen LogP contribution in [0.2, 0.25) is 0 Å². The van der Waals surface area contributed by atoms with Crippen LogP contribution in [0.1, 0.15) is 0 Å². The predicted octanol–water partition coefficient (Wildman–Crippen LogP) is 1.75. The molecule has 0 spiro atoms. The zero-order valence-electron chi connectivity index (χ0n) is 2.53. The van der Waals surface area contributed by atoms with Crippen molar-refractivity contribution >= 4 is 12.4 Å². The van der Waals surface area contributed by atoms with E-state index in [1.165, 1.54) is 0 Å². The Morgan fingerprint density at radius 3 is 1.00 bits per heavy atom. The summed E-state index contributed by atoms with van der Waals surface area (Å²) < 4.78 is 29.0. The van der Waals surface area contributed by atoms with E-state index in [-0.39, 0.29) is 17.1 Å². The van der Waals surface area contributed by atoms with Crippen molar-refractivity contribution in [3.8, 4) is 0 Å². The molecule has 0 heterocycles. The van der Waals surface area contributed by atoms with Gasteiger partial charge in [-0.1, -0.05) is 0 Å². The van der Waals surface area contributed by atoms with E-state index in [0.29, 0.717) is 0 Å². The van der Waals surface area contributed by atoms with E-state index < -0.39 is 6.68 Å². The summed E-state index contributed by atoms with van der Waals surface area (Å²) in [5.41, 5.74) is 0. The lowest BCUT2D eigenvalue weighted by molar-refractivity contribution is 0.00819. The Morgan fingerprint density at radius 2 is 1.00 bits per heavy atom. The lowest BCUT2D eigenvalue weighted by Gasteiger charge is -1.65. The summed E-state index contributed by atoms with van der Waals surface area (Å²) in [6.45, 7) is -3.67. The summed E-state index contributed by atoms with van der Waals surface area (Å²) in [5.74, 6) is 0. The minimum absolute atomic E-state index is 0. The van der Waals surface area contributed by atoms with Crippen LogP contribution >= 0.6 is 12.4 Å². The van der Waals surface area contributed by atoms with E-state index in [9.17, 15) is 13.2 Å². The Morgan fingerprint density at radius 1 is 1.00 bits per heavy atom. The van der Waals surface area contributed by atoms with Crippen LogP contribution in [0.5, 0.6) is 0 Å². The molecule has 0 aromatic carbocycles. The quantitative estimate of drug-likeness (QED) is 0.434. The molecule has 0 aliphatic rings. The number of hydrogen-bond acceptors (Lipinski definition) is 0. The standard InChI is InChI=1S/CHF3.ClH.FH/c2-1(3)4;;/h1H;2*1H. The first kappa shape index (κ1) is 16.7. The fourth-order valence-electron chi connectivity index (χ4n) is 0. The SMILES string of the molecule is Cl.F.FC(F)F. The molecular weight excluding hydrogens is 123 g/mol. The molecule has 0 aromatic heterocycles. The summed E-state index contributed by atoms with van der Waals surface area (Å²) in [7, 11) is 0. The molecule has 0 radical (unpaired) electrons. The smallest absolute Gasteiger partial charge is 0.269 e. The molecule has 0 aliphatic heterocycles. The molecule has 0 fully saturated rings. The minimum Gasteiger partial charge on any atom is -0.269 e. The van der Waals surface area contributed by atoms with Crippen LogP contribution in [-0.2, 0) is 0 Å². The largest absolute Gasteiger partial charge is 0.379 e. The maximum Gasteiger partial charge on any atom is 0.379 e. The molecule has 0 saturated carbocycles. The zero-order chi connectivity index (χ0) is 3.58. The molecule has 5 heteroatoms. The third-order valence-electron chi connectivity index (χ3n) is 0. The Balaban J connectivity index is -0.0000000450. The average Bonchev–Trinajstić information content (AvgIpc) is 0.811. The van der Waals surface area contributed by atoms with Crippen LogP contribution < -0.4 is 0 Å². The van der Waals surface area contributed by atoms with E-state index in [2.05, 4.69) is 0 Å². The third-order valence-corrected chi connectivity index (χ3v) is 0. The first-order valence-corrected chi connectivity index (χ1v) is 0.655. The second-order valence-electron chi connectivity index (χ2n) is 0.247. The molecule has 0 atom stereocenters. The van der Waals surface area contributed by atoms with Crippen LogP contribution in [0.4, 0.5) is 17.9 Å².